The Morgan fingerprint density at radius 2 is 1.89 bits per heavy atom. The van der Waals surface area contributed by atoms with Crippen molar-refractivity contribution in [2.45, 2.75) is 46.2 Å². The Morgan fingerprint density at radius 1 is 1.22 bits per heavy atom. The average Bonchev–Trinajstić information content (AvgIpc) is 2.33. The summed E-state index contributed by atoms with van der Waals surface area (Å²) in [5, 5.41) is 0. The fraction of sp³-hybridized carbons (Fsp3) is 0.625. The van der Waals surface area contributed by atoms with Crippen LogP contribution in [0.2, 0.25) is 0 Å². The minimum absolute atomic E-state index is 0.0981. The van der Waals surface area contributed by atoms with Gasteiger partial charge in [-0.1, -0.05) is 32.0 Å². The molecule has 2 nitrogen and oxygen atoms in total. The van der Waals surface area contributed by atoms with Crippen LogP contribution in [-0.4, -0.2) is 12.6 Å². The van der Waals surface area contributed by atoms with Crippen LogP contribution in [0.3, 0.4) is 0 Å². The van der Waals surface area contributed by atoms with E-state index < -0.39 is 0 Å². The molecule has 2 N–H and O–H groups in total. The number of para-hydroxylation sites is 1. The number of nitrogens with zero attached hydrogens (tertiary/aromatic N) is 1. The second-order valence-corrected chi connectivity index (χ2v) is 6.06. The Kier molecular flexibility index (Phi) is 3.96. The van der Waals surface area contributed by atoms with E-state index in [0.717, 1.165) is 18.4 Å². The maximum atomic E-state index is 6.11. The van der Waals surface area contributed by atoms with Crippen LogP contribution >= 0.6 is 0 Å². The molecule has 1 aromatic rings. The monoisotopic (exact) mass is 246 g/mol. The third kappa shape index (κ3) is 2.54. The van der Waals surface area contributed by atoms with Gasteiger partial charge in [0.2, 0.25) is 0 Å². The Bertz CT molecular complexity index is 400. The topological polar surface area (TPSA) is 29.3 Å². The lowest BCUT2D eigenvalue weighted by Crippen LogP contribution is -2.46. The van der Waals surface area contributed by atoms with Crippen molar-refractivity contribution >= 4 is 5.69 Å². The summed E-state index contributed by atoms with van der Waals surface area (Å²) < 4.78 is 0. The minimum atomic E-state index is 0.0981. The van der Waals surface area contributed by atoms with Crippen LogP contribution < -0.4 is 10.6 Å². The van der Waals surface area contributed by atoms with E-state index in [-0.39, 0.29) is 6.04 Å². The molecule has 3 unspecified atom stereocenters. The van der Waals surface area contributed by atoms with Crippen molar-refractivity contribution in [2.75, 3.05) is 11.4 Å². The van der Waals surface area contributed by atoms with Gasteiger partial charge in [0.15, 0.2) is 0 Å². The molecular formula is C16H26N2. The number of hydrogen-bond acceptors (Lipinski definition) is 2. The summed E-state index contributed by atoms with van der Waals surface area (Å²) >= 11 is 0. The third-order valence-electron chi connectivity index (χ3n) is 4.33. The van der Waals surface area contributed by atoms with Crippen LogP contribution in [0.5, 0.6) is 0 Å². The van der Waals surface area contributed by atoms with E-state index in [0.29, 0.717) is 6.04 Å². The van der Waals surface area contributed by atoms with Crippen LogP contribution in [0.1, 0.15) is 45.7 Å². The molecule has 0 radical (unpaired) electrons. The quantitative estimate of drug-likeness (QED) is 0.864. The van der Waals surface area contributed by atoms with E-state index in [9.17, 15) is 0 Å². The van der Waals surface area contributed by atoms with Crippen LogP contribution in [0, 0.1) is 11.8 Å². The Hall–Kier alpha value is -1.02. The molecule has 0 amide bonds. The summed E-state index contributed by atoms with van der Waals surface area (Å²) in [6, 6.07) is 9.29. The van der Waals surface area contributed by atoms with Crippen molar-refractivity contribution < 1.29 is 0 Å². The maximum absolute atomic E-state index is 6.11. The predicted molar refractivity (Wildman–Crippen MR) is 78.8 cm³/mol. The van der Waals surface area contributed by atoms with Crippen LogP contribution in [0.25, 0.3) is 0 Å². The van der Waals surface area contributed by atoms with Crippen molar-refractivity contribution in [2.24, 2.45) is 17.6 Å². The second kappa shape index (κ2) is 5.31. The predicted octanol–water partition coefficient (Wildman–Crippen LogP) is 3.58. The fourth-order valence-corrected chi connectivity index (χ4v) is 3.17. The summed E-state index contributed by atoms with van der Waals surface area (Å²) in [6.45, 7) is 10.3. The van der Waals surface area contributed by atoms with Crippen molar-refractivity contribution in [3.8, 4) is 0 Å². The molecule has 1 aromatic carbocycles. The number of rotatable bonds is 2. The molecule has 18 heavy (non-hydrogen) atoms. The molecule has 4 atom stereocenters. The zero-order valence-electron chi connectivity index (χ0n) is 12.1. The Morgan fingerprint density at radius 3 is 2.56 bits per heavy atom. The lowest BCUT2D eigenvalue weighted by molar-refractivity contribution is 0.296. The van der Waals surface area contributed by atoms with Gasteiger partial charge in [-0.05, 0) is 43.7 Å². The highest BCUT2D eigenvalue weighted by Gasteiger charge is 2.30. The summed E-state index contributed by atoms with van der Waals surface area (Å²) in [5.41, 5.74) is 8.71. The van der Waals surface area contributed by atoms with E-state index in [4.69, 9.17) is 5.73 Å². The molecule has 0 aliphatic carbocycles. The van der Waals surface area contributed by atoms with Crippen LogP contribution in [0.4, 0.5) is 5.69 Å². The molecule has 1 aliphatic heterocycles. The van der Waals surface area contributed by atoms with Gasteiger partial charge in [-0.3, -0.25) is 0 Å². The van der Waals surface area contributed by atoms with E-state index in [1.165, 1.54) is 17.7 Å². The molecule has 2 rings (SSSR count). The highest BCUT2D eigenvalue weighted by atomic mass is 15.2. The number of benzene rings is 1. The number of piperidine rings is 1. The molecule has 0 aromatic heterocycles. The van der Waals surface area contributed by atoms with Gasteiger partial charge in [0.1, 0.15) is 0 Å². The first kappa shape index (κ1) is 13.4. The van der Waals surface area contributed by atoms with E-state index in [2.05, 4.69) is 56.9 Å². The highest BCUT2D eigenvalue weighted by molar-refractivity contribution is 5.56. The molecular weight excluding hydrogens is 220 g/mol. The molecule has 0 saturated carbocycles. The van der Waals surface area contributed by atoms with E-state index in [1.807, 2.05) is 0 Å². The zero-order valence-corrected chi connectivity index (χ0v) is 12.1. The molecule has 2 heteroatoms. The normalized spacial score (nSPS) is 30.3. The largest absolute Gasteiger partial charge is 0.368 e. The molecule has 0 spiro atoms. The first-order valence-corrected chi connectivity index (χ1v) is 7.11. The molecule has 1 heterocycles. The number of anilines is 1. The lowest BCUT2D eigenvalue weighted by atomic mass is 9.85. The van der Waals surface area contributed by atoms with Crippen molar-refractivity contribution in [3.63, 3.8) is 0 Å². The van der Waals surface area contributed by atoms with Crippen LogP contribution in [0.15, 0.2) is 24.3 Å². The maximum Gasteiger partial charge on any atom is 0.0417 e. The summed E-state index contributed by atoms with van der Waals surface area (Å²) in [5.74, 6) is 1.51. The van der Waals surface area contributed by atoms with Gasteiger partial charge in [-0.25, -0.2) is 0 Å². The van der Waals surface area contributed by atoms with E-state index >= 15 is 0 Å². The molecule has 1 fully saturated rings. The standard InChI is InChI=1S/C16H26N2/c1-11-9-12(2)14(4)18(10-11)16-8-6-5-7-15(16)13(3)17/h5-8,11-14H,9-10,17H2,1-4H3/t11?,12?,13-,14?/m0/s1. The van der Waals surface area contributed by atoms with Crippen molar-refractivity contribution in [1.82, 2.24) is 0 Å². The molecule has 1 aliphatic rings. The van der Waals surface area contributed by atoms with Gasteiger partial charge in [0, 0.05) is 24.3 Å². The van der Waals surface area contributed by atoms with Gasteiger partial charge < -0.3 is 10.6 Å². The van der Waals surface area contributed by atoms with Gasteiger partial charge >= 0.3 is 0 Å². The lowest BCUT2D eigenvalue weighted by Gasteiger charge is -2.43. The minimum Gasteiger partial charge on any atom is -0.368 e. The zero-order chi connectivity index (χ0) is 13.3. The smallest absolute Gasteiger partial charge is 0.0417 e. The first-order valence-electron chi connectivity index (χ1n) is 7.11. The van der Waals surface area contributed by atoms with Gasteiger partial charge in [0.25, 0.3) is 0 Å². The summed E-state index contributed by atoms with van der Waals surface area (Å²) in [4.78, 5) is 2.55. The van der Waals surface area contributed by atoms with Gasteiger partial charge in [0.05, 0.1) is 0 Å². The third-order valence-corrected chi connectivity index (χ3v) is 4.33. The Balaban J connectivity index is 2.35. The van der Waals surface area contributed by atoms with E-state index in [1.54, 1.807) is 0 Å². The Labute approximate surface area is 111 Å². The second-order valence-electron chi connectivity index (χ2n) is 6.06. The van der Waals surface area contributed by atoms with Crippen LogP contribution in [-0.2, 0) is 0 Å². The van der Waals surface area contributed by atoms with Crippen molar-refractivity contribution in [1.29, 1.82) is 0 Å². The molecule has 100 valence electrons. The SMILES string of the molecule is CC1CC(C)C(C)N(c2ccccc2[C@H](C)N)C1. The number of hydrogen-bond donors (Lipinski definition) is 1. The van der Waals surface area contributed by atoms with Gasteiger partial charge in [-0.2, -0.15) is 0 Å². The average molecular weight is 246 g/mol. The molecule has 0 bridgehead atoms. The fourth-order valence-electron chi connectivity index (χ4n) is 3.17. The number of nitrogens with two attached hydrogens (primary N) is 1. The van der Waals surface area contributed by atoms with Crippen molar-refractivity contribution in [3.05, 3.63) is 29.8 Å². The summed E-state index contributed by atoms with van der Waals surface area (Å²) in [7, 11) is 0. The summed E-state index contributed by atoms with van der Waals surface area (Å²) in [6.07, 6.45) is 1.33. The molecule has 1 saturated heterocycles. The highest BCUT2D eigenvalue weighted by Crippen LogP contribution is 2.34. The first-order chi connectivity index (χ1) is 8.50. The van der Waals surface area contributed by atoms with Gasteiger partial charge in [-0.15, -0.1) is 0 Å².